The van der Waals surface area contributed by atoms with Gasteiger partial charge in [0.15, 0.2) is 0 Å². The summed E-state index contributed by atoms with van der Waals surface area (Å²) < 4.78 is 5.04. The number of ether oxygens (including phenoxy) is 1. The molecule has 1 heterocycles. The zero-order valence-electron chi connectivity index (χ0n) is 10.4. The number of pyridine rings is 1. The summed E-state index contributed by atoms with van der Waals surface area (Å²) in [6.07, 6.45) is 1.49. The van der Waals surface area contributed by atoms with Crippen molar-refractivity contribution < 1.29 is 9.53 Å². The summed E-state index contributed by atoms with van der Waals surface area (Å²) in [5, 5.41) is 2.74. The van der Waals surface area contributed by atoms with Gasteiger partial charge in [-0.05, 0) is 36.4 Å². The van der Waals surface area contributed by atoms with Crippen molar-refractivity contribution in [2.24, 2.45) is 5.84 Å². The topological polar surface area (TPSA) is 89.3 Å². The first kappa shape index (κ1) is 12.8. The number of nitrogens with two attached hydrogens (primary N) is 1. The summed E-state index contributed by atoms with van der Waals surface area (Å²) in [5.41, 5.74) is 4.08. The third-order valence-corrected chi connectivity index (χ3v) is 2.51. The van der Waals surface area contributed by atoms with Gasteiger partial charge in [0, 0.05) is 5.69 Å². The Morgan fingerprint density at radius 3 is 2.37 bits per heavy atom. The minimum atomic E-state index is -0.284. The number of nitrogen functional groups attached to an aromatic ring is 1. The summed E-state index contributed by atoms with van der Waals surface area (Å²) in [5.74, 6) is 5.67. The number of methoxy groups -OCH3 is 1. The summed E-state index contributed by atoms with van der Waals surface area (Å²) >= 11 is 0. The van der Waals surface area contributed by atoms with E-state index in [2.05, 4.69) is 15.7 Å². The highest BCUT2D eigenvalue weighted by molar-refractivity contribution is 6.02. The van der Waals surface area contributed by atoms with Gasteiger partial charge in [0.2, 0.25) is 0 Å². The number of amides is 1. The van der Waals surface area contributed by atoms with Crippen LogP contribution in [0.15, 0.2) is 42.6 Å². The molecule has 1 amide bonds. The van der Waals surface area contributed by atoms with Gasteiger partial charge in [0.1, 0.15) is 11.4 Å². The van der Waals surface area contributed by atoms with Gasteiger partial charge in [-0.2, -0.15) is 0 Å². The highest BCUT2D eigenvalue weighted by atomic mass is 16.5. The van der Waals surface area contributed by atoms with Crippen molar-refractivity contribution in [3.63, 3.8) is 0 Å². The number of anilines is 2. The average Bonchev–Trinajstić information content (AvgIpc) is 2.48. The van der Waals surface area contributed by atoms with Crippen LogP contribution in [0.2, 0.25) is 0 Å². The monoisotopic (exact) mass is 258 g/mol. The Labute approximate surface area is 110 Å². The third-order valence-electron chi connectivity index (χ3n) is 2.51. The number of benzene rings is 1. The maximum absolute atomic E-state index is 11.9. The van der Waals surface area contributed by atoms with E-state index in [9.17, 15) is 4.79 Å². The van der Waals surface area contributed by atoms with Crippen LogP contribution in [0, 0.1) is 0 Å². The van der Waals surface area contributed by atoms with Crippen LogP contribution in [0.1, 0.15) is 10.5 Å². The first-order valence-electron chi connectivity index (χ1n) is 5.61. The predicted octanol–water partition coefficient (Wildman–Crippen LogP) is 1.63. The molecule has 0 radical (unpaired) electrons. The fraction of sp³-hybridized carbons (Fsp3) is 0.0769. The van der Waals surface area contributed by atoms with Crippen LogP contribution in [0.3, 0.4) is 0 Å². The lowest BCUT2D eigenvalue weighted by Crippen LogP contribution is -2.14. The first-order valence-corrected chi connectivity index (χ1v) is 5.61. The summed E-state index contributed by atoms with van der Waals surface area (Å²) in [7, 11) is 1.59. The molecule has 0 unspecified atom stereocenters. The molecule has 2 rings (SSSR count). The average molecular weight is 258 g/mol. The standard InChI is InChI=1S/C13H14N4O2/c1-19-11-5-2-9(3-6-11)16-13(18)12-7-4-10(17-14)8-15-12/h2-8,17H,14H2,1H3,(H,16,18). The lowest BCUT2D eigenvalue weighted by atomic mass is 10.2. The molecule has 0 fully saturated rings. The van der Waals surface area contributed by atoms with Gasteiger partial charge in [0.25, 0.3) is 5.91 Å². The van der Waals surface area contributed by atoms with E-state index >= 15 is 0 Å². The Kier molecular flexibility index (Phi) is 3.94. The minimum absolute atomic E-state index is 0.284. The van der Waals surface area contributed by atoms with Crippen molar-refractivity contribution in [3.05, 3.63) is 48.3 Å². The number of nitrogens with zero attached hydrogens (tertiary/aromatic N) is 1. The Hall–Kier alpha value is -2.60. The lowest BCUT2D eigenvalue weighted by molar-refractivity contribution is 0.102. The zero-order chi connectivity index (χ0) is 13.7. The molecule has 0 aliphatic rings. The van der Waals surface area contributed by atoms with Gasteiger partial charge in [-0.3, -0.25) is 10.6 Å². The number of hydrazine groups is 1. The first-order chi connectivity index (χ1) is 9.22. The minimum Gasteiger partial charge on any atom is -0.497 e. The molecule has 19 heavy (non-hydrogen) atoms. The van der Waals surface area contributed by atoms with Crippen LogP contribution in [0.5, 0.6) is 5.75 Å². The smallest absolute Gasteiger partial charge is 0.274 e. The Morgan fingerprint density at radius 2 is 1.84 bits per heavy atom. The Balaban J connectivity index is 2.06. The van der Waals surface area contributed by atoms with Gasteiger partial charge in [-0.25, -0.2) is 4.98 Å². The third kappa shape index (κ3) is 3.20. The van der Waals surface area contributed by atoms with Gasteiger partial charge in [0.05, 0.1) is 19.0 Å². The van der Waals surface area contributed by atoms with Crippen LogP contribution >= 0.6 is 0 Å². The van der Waals surface area contributed by atoms with E-state index in [1.54, 1.807) is 43.5 Å². The quantitative estimate of drug-likeness (QED) is 0.573. The van der Waals surface area contributed by atoms with Crippen molar-refractivity contribution >= 4 is 17.3 Å². The number of hydrogen-bond donors (Lipinski definition) is 3. The van der Waals surface area contributed by atoms with Gasteiger partial charge >= 0.3 is 0 Å². The normalized spacial score (nSPS) is 9.79. The Morgan fingerprint density at radius 1 is 1.16 bits per heavy atom. The molecular formula is C13H14N4O2. The zero-order valence-corrected chi connectivity index (χ0v) is 10.4. The molecule has 0 spiro atoms. The second kappa shape index (κ2) is 5.83. The fourth-order valence-electron chi connectivity index (χ4n) is 1.48. The molecule has 0 saturated carbocycles. The van der Waals surface area contributed by atoms with Gasteiger partial charge in [-0.15, -0.1) is 0 Å². The molecule has 4 N–H and O–H groups in total. The fourth-order valence-corrected chi connectivity index (χ4v) is 1.48. The summed E-state index contributed by atoms with van der Waals surface area (Å²) in [6.45, 7) is 0. The van der Waals surface area contributed by atoms with E-state index in [0.29, 0.717) is 17.1 Å². The van der Waals surface area contributed by atoms with Crippen molar-refractivity contribution in [3.8, 4) is 5.75 Å². The SMILES string of the molecule is COc1ccc(NC(=O)c2ccc(NN)cn2)cc1. The summed E-state index contributed by atoms with van der Waals surface area (Å²) in [6, 6.07) is 10.3. The molecule has 0 atom stereocenters. The molecule has 0 saturated heterocycles. The van der Waals surface area contributed by atoms with Crippen molar-refractivity contribution in [2.75, 3.05) is 17.9 Å². The van der Waals surface area contributed by atoms with Crippen LogP contribution in [0.4, 0.5) is 11.4 Å². The number of hydrogen-bond acceptors (Lipinski definition) is 5. The van der Waals surface area contributed by atoms with E-state index < -0.39 is 0 Å². The van der Waals surface area contributed by atoms with E-state index in [1.807, 2.05) is 0 Å². The molecule has 2 aromatic rings. The summed E-state index contributed by atoms with van der Waals surface area (Å²) in [4.78, 5) is 15.9. The van der Waals surface area contributed by atoms with E-state index in [0.717, 1.165) is 5.75 Å². The van der Waals surface area contributed by atoms with Crippen molar-refractivity contribution in [2.45, 2.75) is 0 Å². The number of carbonyl (C=O) groups is 1. The maximum Gasteiger partial charge on any atom is 0.274 e. The van der Waals surface area contributed by atoms with Crippen LogP contribution in [-0.4, -0.2) is 18.0 Å². The van der Waals surface area contributed by atoms with Crippen molar-refractivity contribution in [1.82, 2.24) is 4.98 Å². The second-order valence-electron chi connectivity index (χ2n) is 3.76. The van der Waals surface area contributed by atoms with Gasteiger partial charge < -0.3 is 15.5 Å². The maximum atomic E-state index is 11.9. The molecule has 6 heteroatoms. The van der Waals surface area contributed by atoms with E-state index in [-0.39, 0.29) is 5.91 Å². The van der Waals surface area contributed by atoms with Gasteiger partial charge in [-0.1, -0.05) is 0 Å². The molecule has 0 aliphatic carbocycles. The molecular weight excluding hydrogens is 244 g/mol. The Bertz CT molecular complexity index is 552. The molecule has 98 valence electrons. The number of carbonyl (C=O) groups excluding carboxylic acids is 1. The second-order valence-corrected chi connectivity index (χ2v) is 3.76. The lowest BCUT2D eigenvalue weighted by Gasteiger charge is -2.06. The van der Waals surface area contributed by atoms with Crippen LogP contribution in [0.25, 0.3) is 0 Å². The number of aromatic nitrogens is 1. The molecule has 1 aromatic heterocycles. The highest BCUT2D eigenvalue weighted by Crippen LogP contribution is 2.15. The van der Waals surface area contributed by atoms with Crippen LogP contribution in [-0.2, 0) is 0 Å². The molecule has 0 aliphatic heterocycles. The molecule has 0 bridgehead atoms. The molecule has 6 nitrogen and oxygen atoms in total. The predicted molar refractivity (Wildman–Crippen MR) is 73.0 cm³/mol. The van der Waals surface area contributed by atoms with E-state index in [1.165, 1.54) is 6.20 Å². The number of nitrogens with one attached hydrogen (secondary N) is 2. The van der Waals surface area contributed by atoms with E-state index in [4.69, 9.17) is 10.6 Å². The number of rotatable bonds is 4. The molecule has 1 aromatic carbocycles. The van der Waals surface area contributed by atoms with Crippen molar-refractivity contribution in [1.29, 1.82) is 0 Å². The largest absolute Gasteiger partial charge is 0.497 e. The highest BCUT2D eigenvalue weighted by Gasteiger charge is 2.07. The van der Waals surface area contributed by atoms with Crippen LogP contribution < -0.4 is 21.3 Å².